The molecule has 0 radical (unpaired) electrons. The first kappa shape index (κ1) is 18.3. The number of aromatic nitrogens is 1. The van der Waals surface area contributed by atoms with Crippen LogP contribution in [0.15, 0.2) is 24.8 Å². The number of nitrogens with one attached hydrogen (secondary N) is 1. The van der Waals surface area contributed by atoms with Crippen LogP contribution in [0.5, 0.6) is 0 Å². The third-order valence-corrected chi connectivity index (χ3v) is 6.25. The average molecular weight is 367 g/mol. The molecule has 0 bridgehead atoms. The molecule has 1 N–H and O–H groups in total. The van der Waals surface area contributed by atoms with E-state index in [1.165, 1.54) is 34.6 Å². The first-order valence-electron chi connectivity index (χ1n) is 10.2. The highest BCUT2D eigenvalue weighted by Crippen LogP contribution is 2.46. The van der Waals surface area contributed by atoms with Gasteiger partial charge in [-0.2, -0.15) is 0 Å². The number of fused-ring (bicyclic) bond motifs is 2. The second-order valence-corrected chi connectivity index (χ2v) is 8.31. The minimum atomic E-state index is -0.177. The largest absolute Gasteiger partial charge is 0.466 e. The Bertz CT molecular complexity index is 882. The zero-order valence-electron chi connectivity index (χ0n) is 16.7. The van der Waals surface area contributed by atoms with Gasteiger partial charge in [0.2, 0.25) is 0 Å². The Morgan fingerprint density at radius 2 is 2.19 bits per heavy atom. The van der Waals surface area contributed by atoms with Crippen LogP contribution in [0.25, 0.3) is 16.5 Å². The van der Waals surface area contributed by atoms with Crippen LogP contribution in [0.3, 0.4) is 0 Å². The summed E-state index contributed by atoms with van der Waals surface area (Å²) in [6.45, 7) is 12.7. The molecule has 0 amide bonds. The Balaban J connectivity index is 1.75. The maximum atomic E-state index is 11.3. The molecule has 4 heteroatoms. The zero-order chi connectivity index (χ0) is 19.1. The van der Waals surface area contributed by atoms with Crippen molar-refractivity contribution in [1.29, 1.82) is 0 Å². The van der Waals surface area contributed by atoms with Gasteiger partial charge in [-0.05, 0) is 55.5 Å². The van der Waals surface area contributed by atoms with Gasteiger partial charge in [-0.1, -0.05) is 25.6 Å². The molecule has 2 heterocycles. The molecule has 2 aromatic rings. The van der Waals surface area contributed by atoms with Crippen molar-refractivity contribution in [1.82, 2.24) is 9.88 Å². The van der Waals surface area contributed by atoms with Crippen molar-refractivity contribution < 1.29 is 9.53 Å². The van der Waals surface area contributed by atoms with E-state index in [1.54, 1.807) is 0 Å². The summed E-state index contributed by atoms with van der Waals surface area (Å²) in [5.41, 5.74) is 6.44. The summed E-state index contributed by atoms with van der Waals surface area (Å²) in [6.07, 6.45) is 3.30. The molecule has 0 saturated carbocycles. The number of aromatic amines is 1. The molecule has 1 aliphatic carbocycles. The number of hydrogen-bond donors (Lipinski definition) is 1. The van der Waals surface area contributed by atoms with E-state index in [2.05, 4.69) is 48.5 Å². The predicted octanol–water partition coefficient (Wildman–Crippen LogP) is 4.50. The van der Waals surface area contributed by atoms with Crippen LogP contribution >= 0.6 is 0 Å². The molecule has 1 fully saturated rings. The van der Waals surface area contributed by atoms with E-state index in [0.717, 1.165) is 37.9 Å². The number of esters is 1. The smallest absolute Gasteiger partial charge is 0.302 e. The van der Waals surface area contributed by atoms with E-state index >= 15 is 0 Å². The second-order valence-electron chi connectivity index (χ2n) is 8.31. The Hall–Kier alpha value is -2.07. The molecule has 1 unspecified atom stereocenters. The Morgan fingerprint density at radius 1 is 1.37 bits per heavy atom. The van der Waals surface area contributed by atoms with Crippen molar-refractivity contribution in [2.24, 2.45) is 5.92 Å². The van der Waals surface area contributed by atoms with Crippen LogP contribution in [-0.2, 0) is 16.0 Å². The van der Waals surface area contributed by atoms with Crippen molar-refractivity contribution in [3.05, 3.63) is 41.6 Å². The minimum absolute atomic E-state index is 0.177. The van der Waals surface area contributed by atoms with Crippen molar-refractivity contribution in [3.63, 3.8) is 0 Å². The first-order valence-corrected chi connectivity index (χ1v) is 10.2. The van der Waals surface area contributed by atoms with Gasteiger partial charge < -0.3 is 9.72 Å². The molecule has 1 aliphatic heterocycles. The number of likely N-dealkylation sites (tertiary alicyclic amines) is 1. The van der Waals surface area contributed by atoms with Gasteiger partial charge in [0.25, 0.3) is 0 Å². The standard InChI is InChI=1S/C23H30N2O2/c1-5-9-25-12-16(13-27-15(4)26)10-18-17-7-6-8-20-22(17)19(11-21(18)25)23(24-20)14(2)3/h6-8,16,18,21,24H,2,5,9-13H2,1,3-4H3/t16-,18?,21-/m1/s1. The summed E-state index contributed by atoms with van der Waals surface area (Å²) in [5, 5.41) is 1.40. The fourth-order valence-corrected chi connectivity index (χ4v) is 5.25. The van der Waals surface area contributed by atoms with E-state index in [4.69, 9.17) is 4.74 Å². The molecule has 0 spiro atoms. The van der Waals surface area contributed by atoms with E-state index in [9.17, 15) is 4.79 Å². The Morgan fingerprint density at radius 3 is 2.89 bits per heavy atom. The quantitative estimate of drug-likeness (QED) is 0.792. The second kappa shape index (κ2) is 7.16. The maximum Gasteiger partial charge on any atom is 0.302 e. The van der Waals surface area contributed by atoms with Gasteiger partial charge >= 0.3 is 5.97 Å². The van der Waals surface area contributed by atoms with Crippen molar-refractivity contribution in [3.8, 4) is 0 Å². The summed E-state index contributed by atoms with van der Waals surface area (Å²) >= 11 is 0. The SMILES string of the molecule is C=C(C)c1[nH]c2cccc3c2c1C[C@@H]1C3C[C@@H](COC(C)=O)CN1CCC. The highest BCUT2D eigenvalue weighted by atomic mass is 16.5. The summed E-state index contributed by atoms with van der Waals surface area (Å²) in [7, 11) is 0. The molecule has 144 valence electrons. The van der Waals surface area contributed by atoms with E-state index in [1.807, 2.05) is 0 Å². The summed E-state index contributed by atoms with van der Waals surface area (Å²) < 4.78 is 5.38. The van der Waals surface area contributed by atoms with Crippen LogP contribution < -0.4 is 0 Å². The van der Waals surface area contributed by atoms with Crippen molar-refractivity contribution >= 4 is 22.4 Å². The topological polar surface area (TPSA) is 45.3 Å². The van der Waals surface area contributed by atoms with Crippen LogP contribution in [-0.4, -0.2) is 41.6 Å². The van der Waals surface area contributed by atoms with Crippen LogP contribution in [0.1, 0.15) is 56.4 Å². The maximum absolute atomic E-state index is 11.3. The van der Waals surface area contributed by atoms with Crippen molar-refractivity contribution in [2.45, 2.75) is 52.0 Å². The molecule has 1 saturated heterocycles. The average Bonchev–Trinajstić information content (AvgIpc) is 3.01. The van der Waals surface area contributed by atoms with Gasteiger partial charge in [0.1, 0.15) is 0 Å². The third-order valence-electron chi connectivity index (χ3n) is 6.25. The molecule has 2 aliphatic rings. The lowest BCUT2D eigenvalue weighted by atomic mass is 9.71. The molecular weight excluding hydrogens is 336 g/mol. The molecule has 1 aromatic carbocycles. The predicted molar refractivity (Wildman–Crippen MR) is 110 cm³/mol. The fraction of sp³-hybridized carbons (Fsp3) is 0.522. The number of H-pyrrole nitrogens is 1. The van der Waals surface area contributed by atoms with Gasteiger partial charge in [-0.3, -0.25) is 9.69 Å². The first-order chi connectivity index (χ1) is 13.0. The van der Waals surface area contributed by atoms with Crippen molar-refractivity contribution in [2.75, 3.05) is 19.7 Å². The third kappa shape index (κ3) is 3.20. The molecular formula is C23H30N2O2. The van der Waals surface area contributed by atoms with Crippen LogP contribution in [0.2, 0.25) is 0 Å². The minimum Gasteiger partial charge on any atom is -0.466 e. The molecule has 27 heavy (non-hydrogen) atoms. The van der Waals surface area contributed by atoms with Gasteiger partial charge in [0.15, 0.2) is 0 Å². The number of carbonyl (C=O) groups excluding carboxylic acids is 1. The lowest BCUT2D eigenvalue weighted by Gasteiger charge is -2.47. The number of benzene rings is 1. The number of ether oxygens (including phenoxy) is 1. The molecule has 3 atom stereocenters. The monoisotopic (exact) mass is 366 g/mol. The number of hydrogen-bond acceptors (Lipinski definition) is 3. The number of allylic oxidation sites excluding steroid dienone is 1. The summed E-state index contributed by atoms with van der Waals surface area (Å²) in [5.74, 6) is 0.720. The molecule has 4 nitrogen and oxygen atoms in total. The van der Waals surface area contributed by atoms with Crippen LogP contribution in [0.4, 0.5) is 0 Å². The van der Waals surface area contributed by atoms with Gasteiger partial charge in [0, 0.05) is 47.9 Å². The Labute approximate surface area is 161 Å². The summed E-state index contributed by atoms with van der Waals surface area (Å²) in [4.78, 5) is 17.6. The fourth-order valence-electron chi connectivity index (χ4n) is 5.25. The number of rotatable bonds is 5. The number of piperidine rings is 1. The van der Waals surface area contributed by atoms with E-state index in [0.29, 0.717) is 24.5 Å². The lowest BCUT2D eigenvalue weighted by molar-refractivity contribution is -0.143. The number of nitrogens with zero attached hydrogens (tertiary/aromatic N) is 1. The normalized spacial score (nSPS) is 24.6. The van der Waals surface area contributed by atoms with Gasteiger partial charge in [0.05, 0.1) is 6.61 Å². The highest BCUT2D eigenvalue weighted by molar-refractivity contribution is 5.93. The molecule has 1 aromatic heterocycles. The van der Waals surface area contributed by atoms with E-state index in [-0.39, 0.29) is 5.97 Å². The molecule has 4 rings (SSSR count). The summed E-state index contributed by atoms with van der Waals surface area (Å²) in [6, 6.07) is 7.17. The zero-order valence-corrected chi connectivity index (χ0v) is 16.7. The lowest BCUT2D eigenvalue weighted by Crippen LogP contribution is -2.51. The van der Waals surface area contributed by atoms with E-state index < -0.39 is 0 Å². The Kier molecular flexibility index (Phi) is 4.85. The van der Waals surface area contributed by atoms with Gasteiger partial charge in [-0.25, -0.2) is 0 Å². The highest BCUT2D eigenvalue weighted by Gasteiger charge is 2.41. The van der Waals surface area contributed by atoms with Crippen LogP contribution in [0, 0.1) is 5.92 Å². The number of carbonyl (C=O) groups is 1. The van der Waals surface area contributed by atoms with Gasteiger partial charge in [-0.15, -0.1) is 0 Å².